The minimum absolute atomic E-state index is 0.0179. The van der Waals surface area contributed by atoms with Gasteiger partial charge in [0.1, 0.15) is 36.9 Å². The zero-order valence-electron chi connectivity index (χ0n) is 17.8. The fourth-order valence-electron chi connectivity index (χ4n) is 2.62. The van der Waals surface area contributed by atoms with Crippen LogP contribution < -0.4 is 0 Å². The Kier molecular flexibility index (Phi) is 9.80. The Morgan fingerprint density at radius 2 is 1.00 bits per heavy atom. The van der Waals surface area contributed by atoms with Crippen LogP contribution in [0.2, 0.25) is 0 Å². The predicted molar refractivity (Wildman–Crippen MR) is 116 cm³/mol. The van der Waals surface area contributed by atoms with Crippen molar-refractivity contribution in [3.8, 4) is 11.5 Å². The van der Waals surface area contributed by atoms with Crippen molar-refractivity contribution in [1.29, 1.82) is 0 Å². The lowest BCUT2D eigenvalue weighted by molar-refractivity contribution is -0.148. The summed E-state index contributed by atoms with van der Waals surface area (Å²) in [6, 6.07) is 11.6. The highest BCUT2D eigenvalue weighted by Gasteiger charge is 2.24. The van der Waals surface area contributed by atoms with Crippen LogP contribution >= 0.6 is 0 Å². The second kappa shape index (κ2) is 12.8. The Morgan fingerprint density at radius 1 is 0.676 bits per heavy atom. The molecule has 2 aromatic carbocycles. The second-order valence-corrected chi connectivity index (χ2v) is 7.11. The van der Waals surface area contributed by atoms with Crippen LogP contribution in [-0.2, 0) is 31.9 Å². The van der Waals surface area contributed by atoms with Crippen molar-refractivity contribution in [1.82, 2.24) is 0 Å². The van der Waals surface area contributed by atoms with Gasteiger partial charge in [0.05, 0.1) is 0 Å². The van der Waals surface area contributed by atoms with Gasteiger partial charge in [-0.05, 0) is 35.4 Å². The van der Waals surface area contributed by atoms with Crippen molar-refractivity contribution >= 4 is 23.4 Å². The van der Waals surface area contributed by atoms with Gasteiger partial charge in [-0.1, -0.05) is 34.6 Å². The van der Waals surface area contributed by atoms with E-state index in [2.05, 4.69) is 10.3 Å². The van der Waals surface area contributed by atoms with Crippen LogP contribution in [0.15, 0.2) is 58.8 Å². The number of aliphatic hydroxyl groups is 2. The van der Waals surface area contributed by atoms with E-state index in [9.17, 15) is 30.0 Å². The summed E-state index contributed by atoms with van der Waals surface area (Å²) in [6.07, 6.45) is -3.51. The summed E-state index contributed by atoms with van der Waals surface area (Å²) in [4.78, 5) is 24.1. The van der Waals surface area contributed by atoms with Gasteiger partial charge in [0.2, 0.25) is 0 Å². The van der Waals surface area contributed by atoms with E-state index >= 15 is 0 Å². The number of esters is 2. The molecule has 0 saturated heterocycles. The summed E-state index contributed by atoms with van der Waals surface area (Å²) in [5.41, 5.74) is 0.334. The number of phenols is 2. The molecule has 182 valence electrons. The third kappa shape index (κ3) is 8.07. The molecule has 0 aliphatic carbocycles. The van der Waals surface area contributed by atoms with Crippen LogP contribution in [0.25, 0.3) is 0 Å². The van der Waals surface area contributed by atoms with E-state index in [0.717, 1.165) is 0 Å². The van der Waals surface area contributed by atoms with Crippen LogP contribution in [-0.4, -0.2) is 79.6 Å². The number of nitrogens with zero attached hydrogens (tertiary/aromatic N) is 2. The first-order valence-electron chi connectivity index (χ1n) is 9.91. The van der Waals surface area contributed by atoms with Gasteiger partial charge in [-0.15, -0.1) is 0 Å². The van der Waals surface area contributed by atoms with Crippen LogP contribution in [0, 0.1) is 0 Å². The maximum Gasteiger partial charge on any atom is 0.356 e. The summed E-state index contributed by atoms with van der Waals surface area (Å²) in [6.45, 7) is -1.39. The Balaban J connectivity index is 1.80. The third-order valence-electron chi connectivity index (χ3n) is 4.54. The molecule has 0 bridgehead atoms. The molecule has 0 spiro atoms. The number of carbonyl (C=O) groups is 2. The fourth-order valence-corrected chi connectivity index (χ4v) is 2.62. The van der Waals surface area contributed by atoms with E-state index in [1.165, 1.54) is 48.5 Å². The molecule has 0 saturated carbocycles. The highest BCUT2D eigenvalue weighted by atomic mass is 16.6. The van der Waals surface area contributed by atoms with Gasteiger partial charge in [-0.2, -0.15) is 0 Å². The van der Waals surface area contributed by atoms with Crippen molar-refractivity contribution in [2.24, 2.45) is 10.3 Å². The van der Waals surface area contributed by atoms with Crippen molar-refractivity contribution in [2.75, 3.05) is 13.2 Å². The van der Waals surface area contributed by atoms with Gasteiger partial charge in [0.25, 0.3) is 0 Å². The van der Waals surface area contributed by atoms with Crippen LogP contribution in [0.4, 0.5) is 0 Å². The van der Waals surface area contributed by atoms with Crippen LogP contribution in [0.5, 0.6) is 11.5 Å². The molecule has 2 rings (SSSR count). The largest absolute Gasteiger partial charge is 0.508 e. The lowest BCUT2D eigenvalue weighted by atomic mass is 10.1. The molecule has 0 aliphatic rings. The van der Waals surface area contributed by atoms with Gasteiger partial charge in [-0.3, -0.25) is 0 Å². The molecular formula is C22H24N2O10. The normalized spacial score (nSPS) is 13.7. The smallest absolute Gasteiger partial charge is 0.356 e. The molecule has 0 fully saturated rings. The molecule has 0 heterocycles. The molecule has 34 heavy (non-hydrogen) atoms. The Bertz CT molecular complexity index is 935. The lowest BCUT2D eigenvalue weighted by Crippen LogP contribution is -2.37. The Morgan fingerprint density at radius 3 is 1.29 bits per heavy atom. The van der Waals surface area contributed by atoms with Gasteiger partial charge >= 0.3 is 11.9 Å². The minimum Gasteiger partial charge on any atom is -0.508 e. The number of hydrogen-bond acceptors (Lipinski definition) is 12. The first-order valence-corrected chi connectivity index (χ1v) is 9.91. The average molecular weight is 476 g/mol. The number of hydrogen-bond donors (Lipinski definition) is 6. The number of carbonyl (C=O) groups excluding carboxylic acids is 2. The molecule has 12 nitrogen and oxygen atoms in total. The maximum absolute atomic E-state index is 12.1. The third-order valence-corrected chi connectivity index (χ3v) is 4.54. The molecule has 2 atom stereocenters. The molecule has 6 N–H and O–H groups in total. The van der Waals surface area contributed by atoms with E-state index in [-0.39, 0.29) is 35.8 Å². The number of ether oxygens (including phenoxy) is 2. The van der Waals surface area contributed by atoms with E-state index in [4.69, 9.17) is 19.9 Å². The highest BCUT2D eigenvalue weighted by molar-refractivity contribution is 6.37. The van der Waals surface area contributed by atoms with E-state index in [0.29, 0.717) is 11.1 Å². The second-order valence-electron chi connectivity index (χ2n) is 7.11. The van der Waals surface area contributed by atoms with Crippen LogP contribution in [0.3, 0.4) is 0 Å². The molecule has 0 aromatic heterocycles. The van der Waals surface area contributed by atoms with Crippen molar-refractivity contribution in [3.05, 3.63) is 59.7 Å². The number of benzene rings is 2. The van der Waals surface area contributed by atoms with Gasteiger partial charge in [-0.25, -0.2) is 9.59 Å². The van der Waals surface area contributed by atoms with Crippen molar-refractivity contribution < 1.29 is 49.9 Å². The number of oxime groups is 2. The molecule has 12 heteroatoms. The van der Waals surface area contributed by atoms with E-state index in [1.54, 1.807) is 0 Å². The topological polar surface area (TPSA) is 199 Å². The summed E-state index contributed by atoms with van der Waals surface area (Å²) in [5.74, 6) is -2.07. The lowest BCUT2D eigenvalue weighted by Gasteiger charge is -2.18. The molecular weight excluding hydrogens is 452 g/mol. The standard InChI is InChI=1S/C22H24N2O10/c25-15-5-1-13(2-6-15)9-17(23-31)21(29)33-11-19(27)20(28)12-34-22(30)18(24-32)10-14-3-7-16(26)8-4-14/h1-8,19-20,25-28,31-32H,9-12H2/b23-17-,24-18+/t19-,20+/m1/s1. The molecule has 0 radical (unpaired) electrons. The number of aromatic hydroxyl groups is 2. The van der Waals surface area contributed by atoms with Crippen molar-refractivity contribution in [3.63, 3.8) is 0 Å². The summed E-state index contributed by atoms with van der Waals surface area (Å²) in [7, 11) is 0. The Labute approximate surface area is 193 Å². The quantitative estimate of drug-likeness (QED) is 0.114. The fraction of sp³-hybridized carbons (Fsp3) is 0.273. The molecule has 2 aromatic rings. The van der Waals surface area contributed by atoms with E-state index in [1.807, 2.05) is 0 Å². The monoisotopic (exact) mass is 476 g/mol. The van der Waals surface area contributed by atoms with Gasteiger partial charge in [0.15, 0.2) is 11.4 Å². The highest BCUT2D eigenvalue weighted by Crippen LogP contribution is 2.12. The maximum atomic E-state index is 12.1. The predicted octanol–water partition coefficient (Wildman–Crippen LogP) is 0.352. The minimum atomic E-state index is -1.64. The number of rotatable bonds is 11. The zero-order valence-corrected chi connectivity index (χ0v) is 17.8. The first-order chi connectivity index (χ1) is 16.2. The molecule has 0 aliphatic heterocycles. The van der Waals surface area contributed by atoms with Gasteiger partial charge < -0.3 is 40.3 Å². The molecule has 0 amide bonds. The summed E-state index contributed by atoms with van der Waals surface area (Å²) in [5, 5.41) is 62.3. The average Bonchev–Trinajstić information content (AvgIpc) is 2.84. The zero-order chi connectivity index (χ0) is 25.1. The first kappa shape index (κ1) is 26.1. The summed E-state index contributed by atoms with van der Waals surface area (Å²) >= 11 is 0. The Hall–Kier alpha value is -4.16. The van der Waals surface area contributed by atoms with Crippen molar-refractivity contribution in [2.45, 2.75) is 25.0 Å². The van der Waals surface area contributed by atoms with Gasteiger partial charge in [0, 0.05) is 12.8 Å². The SMILES string of the molecule is O=C(OC[C@@H](O)[C@@H](O)COC(=O)/C(Cc1ccc(O)cc1)=N/O)/C(Cc1ccc(O)cc1)=N\O. The molecule has 0 unspecified atom stereocenters. The van der Waals surface area contributed by atoms with Crippen LogP contribution in [0.1, 0.15) is 11.1 Å². The number of phenolic OH excluding ortho intramolecular Hbond substituents is 2. The van der Waals surface area contributed by atoms with E-state index < -0.39 is 37.4 Å². The summed E-state index contributed by atoms with van der Waals surface area (Å²) < 4.78 is 9.65. The number of aliphatic hydroxyl groups excluding tert-OH is 2.